The molecular formula is C13H19N3S. The first-order valence-corrected chi connectivity index (χ1v) is 6.50. The molecule has 1 aromatic heterocycles. The lowest BCUT2D eigenvalue weighted by atomic mass is 9.97. The molecular weight excluding hydrogens is 230 g/mol. The number of nitrogens with two attached hydrogens (primary N) is 1. The van der Waals surface area contributed by atoms with Crippen LogP contribution in [0.2, 0.25) is 0 Å². The Balaban J connectivity index is 1.90. The molecule has 1 saturated heterocycles. The molecule has 0 unspecified atom stereocenters. The van der Waals surface area contributed by atoms with Crippen molar-refractivity contribution in [1.82, 2.24) is 9.88 Å². The van der Waals surface area contributed by atoms with Crippen LogP contribution in [-0.4, -0.2) is 28.0 Å². The van der Waals surface area contributed by atoms with Crippen LogP contribution in [0.15, 0.2) is 18.3 Å². The minimum Gasteiger partial charge on any atom is -0.393 e. The molecule has 2 N–H and O–H groups in total. The standard InChI is InChI=1S/C13H19N3S/c1-10-3-2-6-15-12(10)9-16-7-4-11(5-8-16)13(14)17/h2-3,6,11H,4-5,7-9H2,1H3,(H2,14,17). The molecule has 17 heavy (non-hydrogen) atoms. The summed E-state index contributed by atoms with van der Waals surface area (Å²) in [7, 11) is 0. The van der Waals surface area contributed by atoms with Gasteiger partial charge < -0.3 is 5.73 Å². The second kappa shape index (κ2) is 5.56. The summed E-state index contributed by atoms with van der Waals surface area (Å²) in [6.07, 6.45) is 4.03. The maximum Gasteiger partial charge on any atom is 0.0759 e. The average Bonchev–Trinajstić information content (AvgIpc) is 2.33. The number of thiocarbonyl (C=S) groups is 1. The van der Waals surface area contributed by atoms with Crippen molar-refractivity contribution in [2.24, 2.45) is 11.7 Å². The van der Waals surface area contributed by atoms with Gasteiger partial charge in [-0.3, -0.25) is 9.88 Å². The highest BCUT2D eigenvalue weighted by atomic mass is 32.1. The molecule has 0 saturated carbocycles. The number of hydrogen-bond donors (Lipinski definition) is 1. The van der Waals surface area contributed by atoms with Crippen LogP contribution in [0.1, 0.15) is 24.1 Å². The smallest absolute Gasteiger partial charge is 0.0759 e. The molecule has 0 spiro atoms. The summed E-state index contributed by atoms with van der Waals surface area (Å²) in [4.78, 5) is 7.55. The number of nitrogens with zero attached hydrogens (tertiary/aromatic N) is 2. The van der Waals surface area contributed by atoms with Crippen molar-refractivity contribution in [2.75, 3.05) is 13.1 Å². The third-order valence-corrected chi connectivity index (χ3v) is 3.81. The van der Waals surface area contributed by atoms with Gasteiger partial charge in [0, 0.05) is 18.7 Å². The van der Waals surface area contributed by atoms with Gasteiger partial charge in [-0.25, -0.2) is 0 Å². The predicted octanol–water partition coefficient (Wildman–Crippen LogP) is 1.89. The Morgan fingerprint density at radius 3 is 2.82 bits per heavy atom. The van der Waals surface area contributed by atoms with Gasteiger partial charge in [-0.2, -0.15) is 0 Å². The molecule has 0 aliphatic carbocycles. The summed E-state index contributed by atoms with van der Waals surface area (Å²) >= 11 is 5.05. The lowest BCUT2D eigenvalue weighted by molar-refractivity contribution is 0.200. The number of piperidine rings is 1. The summed E-state index contributed by atoms with van der Waals surface area (Å²) in [5, 5.41) is 0. The summed E-state index contributed by atoms with van der Waals surface area (Å²) in [6, 6.07) is 4.10. The van der Waals surface area contributed by atoms with Gasteiger partial charge in [0.25, 0.3) is 0 Å². The molecule has 2 rings (SSSR count). The fourth-order valence-corrected chi connectivity index (χ4v) is 2.51. The topological polar surface area (TPSA) is 42.2 Å². The number of rotatable bonds is 3. The highest BCUT2D eigenvalue weighted by Crippen LogP contribution is 2.19. The Bertz CT molecular complexity index is 397. The summed E-state index contributed by atoms with van der Waals surface area (Å²) in [6.45, 7) is 5.19. The van der Waals surface area contributed by atoms with E-state index in [1.807, 2.05) is 12.3 Å². The van der Waals surface area contributed by atoms with Crippen molar-refractivity contribution in [3.63, 3.8) is 0 Å². The van der Waals surface area contributed by atoms with Gasteiger partial charge in [-0.05, 0) is 44.5 Å². The molecule has 1 aliphatic heterocycles. The normalized spacial score (nSPS) is 18.2. The fourth-order valence-electron chi connectivity index (χ4n) is 2.27. The third kappa shape index (κ3) is 3.23. The van der Waals surface area contributed by atoms with Crippen molar-refractivity contribution >= 4 is 17.2 Å². The number of hydrogen-bond acceptors (Lipinski definition) is 3. The SMILES string of the molecule is Cc1cccnc1CN1CCC(C(N)=S)CC1. The van der Waals surface area contributed by atoms with E-state index in [9.17, 15) is 0 Å². The van der Waals surface area contributed by atoms with Crippen LogP contribution in [-0.2, 0) is 6.54 Å². The highest BCUT2D eigenvalue weighted by Gasteiger charge is 2.21. The first kappa shape index (κ1) is 12.5. The Hall–Kier alpha value is -1.00. The largest absolute Gasteiger partial charge is 0.393 e. The minimum atomic E-state index is 0.436. The van der Waals surface area contributed by atoms with E-state index in [1.165, 1.54) is 11.3 Å². The Morgan fingerprint density at radius 2 is 2.24 bits per heavy atom. The van der Waals surface area contributed by atoms with Crippen LogP contribution in [0.5, 0.6) is 0 Å². The molecule has 0 aromatic carbocycles. The molecule has 0 atom stereocenters. The first-order valence-electron chi connectivity index (χ1n) is 6.09. The lowest BCUT2D eigenvalue weighted by Crippen LogP contribution is -2.37. The fraction of sp³-hybridized carbons (Fsp3) is 0.538. The quantitative estimate of drug-likeness (QED) is 0.831. The number of likely N-dealkylation sites (tertiary alicyclic amines) is 1. The van der Waals surface area contributed by atoms with Crippen LogP contribution < -0.4 is 5.73 Å². The minimum absolute atomic E-state index is 0.436. The molecule has 4 heteroatoms. The molecule has 0 bridgehead atoms. The van der Waals surface area contributed by atoms with E-state index in [1.54, 1.807) is 0 Å². The maximum absolute atomic E-state index is 5.69. The molecule has 0 amide bonds. The Labute approximate surface area is 108 Å². The molecule has 0 radical (unpaired) electrons. The van der Waals surface area contributed by atoms with Gasteiger partial charge in [0.05, 0.1) is 10.7 Å². The van der Waals surface area contributed by atoms with E-state index in [4.69, 9.17) is 18.0 Å². The van der Waals surface area contributed by atoms with Crippen LogP contribution in [0.3, 0.4) is 0 Å². The average molecular weight is 249 g/mol. The monoisotopic (exact) mass is 249 g/mol. The van der Waals surface area contributed by atoms with E-state index in [0.29, 0.717) is 10.9 Å². The second-order valence-electron chi connectivity index (χ2n) is 4.72. The number of pyridine rings is 1. The summed E-state index contributed by atoms with van der Waals surface area (Å²) in [5.41, 5.74) is 8.14. The lowest BCUT2D eigenvalue weighted by Gasteiger charge is -2.31. The summed E-state index contributed by atoms with van der Waals surface area (Å²) in [5.74, 6) is 0.436. The van der Waals surface area contributed by atoms with Crippen molar-refractivity contribution in [3.05, 3.63) is 29.6 Å². The Kier molecular flexibility index (Phi) is 4.07. The van der Waals surface area contributed by atoms with Crippen LogP contribution >= 0.6 is 12.2 Å². The van der Waals surface area contributed by atoms with Gasteiger partial charge >= 0.3 is 0 Å². The van der Waals surface area contributed by atoms with E-state index in [0.717, 1.165) is 32.5 Å². The third-order valence-electron chi connectivity index (χ3n) is 3.48. The van der Waals surface area contributed by atoms with Crippen molar-refractivity contribution in [2.45, 2.75) is 26.3 Å². The molecule has 3 nitrogen and oxygen atoms in total. The summed E-state index contributed by atoms with van der Waals surface area (Å²) < 4.78 is 0. The van der Waals surface area contributed by atoms with Gasteiger partial charge in [0.2, 0.25) is 0 Å². The van der Waals surface area contributed by atoms with Gasteiger partial charge in [-0.1, -0.05) is 18.3 Å². The predicted molar refractivity (Wildman–Crippen MR) is 73.8 cm³/mol. The van der Waals surface area contributed by atoms with Crippen molar-refractivity contribution < 1.29 is 0 Å². The zero-order chi connectivity index (χ0) is 12.3. The Morgan fingerprint density at radius 1 is 1.53 bits per heavy atom. The highest BCUT2D eigenvalue weighted by molar-refractivity contribution is 7.80. The maximum atomic E-state index is 5.69. The molecule has 92 valence electrons. The van der Waals surface area contributed by atoms with Gasteiger partial charge in [0.15, 0.2) is 0 Å². The number of aryl methyl sites for hydroxylation is 1. The van der Waals surface area contributed by atoms with Crippen molar-refractivity contribution in [1.29, 1.82) is 0 Å². The van der Waals surface area contributed by atoms with Crippen LogP contribution in [0, 0.1) is 12.8 Å². The first-order chi connectivity index (χ1) is 8.16. The zero-order valence-electron chi connectivity index (χ0n) is 10.2. The van der Waals surface area contributed by atoms with E-state index in [-0.39, 0.29) is 0 Å². The van der Waals surface area contributed by atoms with E-state index >= 15 is 0 Å². The van der Waals surface area contributed by atoms with Crippen LogP contribution in [0.4, 0.5) is 0 Å². The second-order valence-corrected chi connectivity index (χ2v) is 5.19. The number of aromatic nitrogens is 1. The van der Waals surface area contributed by atoms with Crippen molar-refractivity contribution in [3.8, 4) is 0 Å². The van der Waals surface area contributed by atoms with E-state index in [2.05, 4.69) is 22.9 Å². The molecule has 1 aliphatic rings. The van der Waals surface area contributed by atoms with Crippen LogP contribution in [0.25, 0.3) is 0 Å². The van der Waals surface area contributed by atoms with Gasteiger partial charge in [0.1, 0.15) is 0 Å². The molecule has 1 fully saturated rings. The zero-order valence-corrected chi connectivity index (χ0v) is 11.0. The molecule has 1 aromatic rings. The van der Waals surface area contributed by atoms with Gasteiger partial charge in [-0.15, -0.1) is 0 Å². The van der Waals surface area contributed by atoms with E-state index < -0.39 is 0 Å². The molecule has 2 heterocycles.